The molecule has 1 atom stereocenters. The summed E-state index contributed by atoms with van der Waals surface area (Å²) in [5.74, 6) is 0. The van der Waals surface area contributed by atoms with Crippen molar-refractivity contribution in [3.8, 4) is 0 Å². The summed E-state index contributed by atoms with van der Waals surface area (Å²) in [6.07, 6.45) is 0. The average Bonchev–Trinajstić information content (AvgIpc) is 2.38. The van der Waals surface area contributed by atoms with Gasteiger partial charge in [-0.05, 0) is 12.1 Å². The monoisotopic (exact) mass is 262 g/mol. The van der Waals surface area contributed by atoms with E-state index < -0.39 is 16.1 Å². The lowest BCUT2D eigenvalue weighted by Crippen LogP contribution is -2.05. The Kier molecular flexibility index (Phi) is 3.50. The summed E-state index contributed by atoms with van der Waals surface area (Å²) in [7, 11) is 0. The number of hydrogen-bond donors (Lipinski definition) is 1. The molecule has 0 aliphatic rings. The quantitative estimate of drug-likeness (QED) is 0.397. The smallest absolute Gasteiger partial charge is 0.269 e. The summed E-state index contributed by atoms with van der Waals surface area (Å²) in [6.45, 7) is 0. The maximum Gasteiger partial charge on any atom is 0.269 e. The first-order valence-corrected chi connectivity index (χ1v) is 6.25. The fourth-order valence-electron chi connectivity index (χ4n) is 1.47. The van der Waals surface area contributed by atoms with E-state index in [1.165, 1.54) is 24.3 Å². The van der Waals surface area contributed by atoms with Crippen LogP contribution in [0, 0.1) is 10.1 Å². The molecule has 0 aliphatic heterocycles. The third-order valence-corrected chi connectivity index (χ3v) is 3.85. The summed E-state index contributed by atoms with van der Waals surface area (Å²) in [6, 6.07) is 12.4. The highest BCUT2D eigenvalue weighted by molar-refractivity contribution is 7.91. The largest absolute Gasteiger partial charge is 0.606 e. The Morgan fingerprint density at radius 1 is 1.06 bits per heavy atom. The fraction of sp³-hybridized carbons (Fsp3) is 0. The molecular weight excluding hydrogens is 252 g/mol. The molecule has 0 aromatic heterocycles. The highest BCUT2D eigenvalue weighted by Gasteiger charge is 2.18. The molecule has 5 nitrogen and oxygen atoms in total. The van der Waals surface area contributed by atoms with Gasteiger partial charge in [0.1, 0.15) is 0 Å². The minimum Gasteiger partial charge on any atom is -0.606 e. The zero-order valence-electron chi connectivity index (χ0n) is 9.28. The van der Waals surface area contributed by atoms with Crippen molar-refractivity contribution in [2.45, 2.75) is 9.79 Å². The van der Waals surface area contributed by atoms with Crippen molar-refractivity contribution in [2.75, 3.05) is 5.73 Å². The summed E-state index contributed by atoms with van der Waals surface area (Å²) in [5.41, 5.74) is 6.14. The molecule has 2 aromatic rings. The zero-order chi connectivity index (χ0) is 13.1. The summed E-state index contributed by atoms with van der Waals surface area (Å²) < 4.78 is 12.2. The van der Waals surface area contributed by atoms with Gasteiger partial charge in [0.2, 0.25) is 0 Å². The highest BCUT2D eigenvalue weighted by atomic mass is 32.2. The molecule has 2 N–H and O–H groups in total. The van der Waals surface area contributed by atoms with Crippen LogP contribution in [0.4, 0.5) is 11.4 Å². The lowest BCUT2D eigenvalue weighted by molar-refractivity contribution is -0.384. The topological polar surface area (TPSA) is 92.2 Å². The van der Waals surface area contributed by atoms with Crippen LogP contribution in [-0.2, 0) is 11.2 Å². The van der Waals surface area contributed by atoms with E-state index in [2.05, 4.69) is 0 Å². The van der Waals surface area contributed by atoms with E-state index >= 15 is 0 Å². The van der Waals surface area contributed by atoms with Crippen molar-refractivity contribution in [1.29, 1.82) is 0 Å². The Bertz CT molecular complexity index is 572. The van der Waals surface area contributed by atoms with Crippen LogP contribution < -0.4 is 5.73 Å². The van der Waals surface area contributed by atoms with Crippen molar-refractivity contribution < 1.29 is 9.48 Å². The molecular formula is C12H10N2O3S. The average molecular weight is 262 g/mol. The molecule has 92 valence electrons. The zero-order valence-corrected chi connectivity index (χ0v) is 10.1. The van der Waals surface area contributed by atoms with Gasteiger partial charge in [-0.1, -0.05) is 12.1 Å². The van der Waals surface area contributed by atoms with Gasteiger partial charge in [0.15, 0.2) is 9.79 Å². The number of nitrogens with zero attached hydrogens (tertiary/aromatic N) is 1. The predicted molar refractivity (Wildman–Crippen MR) is 68.6 cm³/mol. The van der Waals surface area contributed by atoms with E-state index in [4.69, 9.17) is 5.73 Å². The molecule has 6 heteroatoms. The van der Waals surface area contributed by atoms with Crippen LogP contribution in [0.5, 0.6) is 0 Å². The number of nitrogen functional groups attached to an aromatic ring is 1. The van der Waals surface area contributed by atoms with Crippen molar-refractivity contribution in [3.63, 3.8) is 0 Å². The minimum absolute atomic E-state index is 0.0308. The van der Waals surface area contributed by atoms with Gasteiger partial charge in [-0.2, -0.15) is 0 Å². The first-order chi connectivity index (χ1) is 8.59. The Hall–Kier alpha value is -2.05. The van der Waals surface area contributed by atoms with Crippen molar-refractivity contribution >= 4 is 22.6 Å². The van der Waals surface area contributed by atoms with Crippen LogP contribution in [0.25, 0.3) is 0 Å². The molecule has 0 saturated heterocycles. The fourth-order valence-corrected chi connectivity index (χ4v) is 2.59. The SMILES string of the molecule is Nc1ccccc1[S+]([O-])c1ccc([N+](=O)[O-])cc1. The minimum atomic E-state index is -1.43. The van der Waals surface area contributed by atoms with Gasteiger partial charge in [0.05, 0.1) is 10.6 Å². The second-order valence-electron chi connectivity index (χ2n) is 3.56. The third kappa shape index (κ3) is 2.44. The van der Waals surface area contributed by atoms with Gasteiger partial charge in [-0.15, -0.1) is 0 Å². The summed E-state index contributed by atoms with van der Waals surface area (Å²) in [4.78, 5) is 11.0. The first kappa shape index (κ1) is 12.4. The standard InChI is InChI=1S/C12H10N2O3S/c13-11-3-1-2-4-12(11)18(17)10-7-5-9(6-8-10)14(15)16/h1-8H,13H2. The van der Waals surface area contributed by atoms with Gasteiger partial charge in [0, 0.05) is 35.4 Å². The Labute approximate surface area is 107 Å². The van der Waals surface area contributed by atoms with Crippen LogP contribution in [0.2, 0.25) is 0 Å². The number of anilines is 1. The van der Waals surface area contributed by atoms with Crippen LogP contribution in [0.1, 0.15) is 0 Å². The number of non-ortho nitro benzene ring substituents is 1. The van der Waals surface area contributed by atoms with Crippen LogP contribution in [0.3, 0.4) is 0 Å². The van der Waals surface area contributed by atoms with Gasteiger partial charge in [-0.25, -0.2) is 0 Å². The van der Waals surface area contributed by atoms with Crippen LogP contribution >= 0.6 is 0 Å². The first-order valence-electron chi connectivity index (χ1n) is 5.10. The molecule has 0 bridgehead atoms. The van der Waals surface area contributed by atoms with Crippen LogP contribution in [-0.4, -0.2) is 9.48 Å². The van der Waals surface area contributed by atoms with Crippen molar-refractivity contribution in [1.82, 2.24) is 0 Å². The second kappa shape index (κ2) is 5.07. The second-order valence-corrected chi connectivity index (χ2v) is 5.01. The van der Waals surface area contributed by atoms with E-state index in [1.807, 2.05) is 0 Å². The Morgan fingerprint density at radius 3 is 2.22 bits per heavy atom. The van der Waals surface area contributed by atoms with Crippen molar-refractivity contribution in [3.05, 3.63) is 58.6 Å². The van der Waals surface area contributed by atoms with Gasteiger partial charge in [0.25, 0.3) is 5.69 Å². The molecule has 0 amide bonds. The van der Waals surface area contributed by atoms with Crippen LogP contribution in [0.15, 0.2) is 58.3 Å². The molecule has 0 radical (unpaired) electrons. The molecule has 1 unspecified atom stereocenters. The van der Waals surface area contributed by atoms with E-state index in [0.29, 0.717) is 15.5 Å². The highest BCUT2D eigenvalue weighted by Crippen LogP contribution is 2.26. The van der Waals surface area contributed by atoms with Crippen molar-refractivity contribution in [2.24, 2.45) is 0 Å². The molecule has 0 fully saturated rings. The van der Waals surface area contributed by atoms with Gasteiger partial charge >= 0.3 is 0 Å². The molecule has 0 saturated carbocycles. The molecule has 2 aromatic carbocycles. The van der Waals surface area contributed by atoms with E-state index in [-0.39, 0.29) is 5.69 Å². The third-order valence-electron chi connectivity index (χ3n) is 2.38. The lowest BCUT2D eigenvalue weighted by atomic mass is 10.3. The molecule has 2 rings (SSSR count). The Morgan fingerprint density at radius 2 is 1.67 bits per heavy atom. The van der Waals surface area contributed by atoms with Gasteiger partial charge < -0.3 is 10.3 Å². The molecule has 18 heavy (non-hydrogen) atoms. The molecule has 0 spiro atoms. The molecule has 0 heterocycles. The number of benzene rings is 2. The van der Waals surface area contributed by atoms with E-state index in [0.717, 1.165) is 0 Å². The maximum atomic E-state index is 12.2. The lowest BCUT2D eigenvalue weighted by Gasteiger charge is -2.11. The Balaban J connectivity index is 2.32. The summed E-state index contributed by atoms with van der Waals surface area (Å²) in [5, 5.41) is 10.5. The normalized spacial score (nSPS) is 12.1. The predicted octanol–water partition coefficient (Wildman–Crippen LogP) is 2.34. The number of nitro groups is 1. The van der Waals surface area contributed by atoms with Gasteiger partial charge in [-0.3, -0.25) is 10.1 Å². The number of hydrogen-bond acceptors (Lipinski definition) is 4. The maximum absolute atomic E-state index is 12.2. The van der Waals surface area contributed by atoms with E-state index in [9.17, 15) is 14.7 Å². The molecule has 0 aliphatic carbocycles. The number of nitrogens with two attached hydrogens (primary N) is 1. The number of rotatable bonds is 3. The van der Waals surface area contributed by atoms with E-state index in [1.54, 1.807) is 24.3 Å². The summed E-state index contributed by atoms with van der Waals surface area (Å²) >= 11 is -1.43. The number of para-hydroxylation sites is 1. The number of nitro benzene ring substituents is 1.